The SMILES string of the molecule is CC.O=CCCNC(=O)c1cc(Br)c(Br)[nH]1. The number of hydrogen-bond acceptors (Lipinski definition) is 2. The summed E-state index contributed by atoms with van der Waals surface area (Å²) >= 11 is 6.48. The number of carbonyl (C=O) groups excluding carboxylic acids is 2. The van der Waals surface area contributed by atoms with Crippen molar-refractivity contribution < 1.29 is 9.59 Å². The van der Waals surface area contributed by atoms with Gasteiger partial charge in [-0.25, -0.2) is 0 Å². The average molecular weight is 354 g/mol. The van der Waals surface area contributed by atoms with Crippen molar-refractivity contribution in [3.8, 4) is 0 Å². The van der Waals surface area contributed by atoms with Gasteiger partial charge in [0, 0.05) is 13.0 Å². The summed E-state index contributed by atoms with van der Waals surface area (Å²) in [5.41, 5.74) is 0.453. The summed E-state index contributed by atoms with van der Waals surface area (Å²) in [6.07, 6.45) is 1.09. The van der Waals surface area contributed by atoms with Crippen molar-refractivity contribution in [3.05, 3.63) is 20.8 Å². The maximum atomic E-state index is 11.4. The second-order valence-electron chi connectivity index (χ2n) is 2.56. The quantitative estimate of drug-likeness (QED) is 0.645. The maximum absolute atomic E-state index is 11.4. The zero-order chi connectivity index (χ0) is 12.6. The van der Waals surface area contributed by atoms with Crippen molar-refractivity contribution >= 4 is 44.1 Å². The van der Waals surface area contributed by atoms with Crippen LogP contribution in [0.4, 0.5) is 0 Å². The number of nitrogens with one attached hydrogen (secondary N) is 2. The third kappa shape index (κ3) is 4.94. The highest BCUT2D eigenvalue weighted by Crippen LogP contribution is 2.22. The summed E-state index contributed by atoms with van der Waals surface area (Å²) in [5.74, 6) is -0.224. The second kappa shape index (κ2) is 8.52. The van der Waals surface area contributed by atoms with E-state index in [0.29, 0.717) is 18.7 Å². The summed E-state index contributed by atoms with van der Waals surface area (Å²) in [5, 5.41) is 2.60. The van der Waals surface area contributed by atoms with Crippen LogP contribution in [0.3, 0.4) is 0 Å². The fraction of sp³-hybridized carbons (Fsp3) is 0.400. The van der Waals surface area contributed by atoms with Crippen LogP contribution in [-0.2, 0) is 4.79 Å². The maximum Gasteiger partial charge on any atom is 0.267 e. The van der Waals surface area contributed by atoms with E-state index in [-0.39, 0.29) is 5.91 Å². The van der Waals surface area contributed by atoms with Crippen LogP contribution in [0.15, 0.2) is 15.1 Å². The molecule has 90 valence electrons. The van der Waals surface area contributed by atoms with Crippen LogP contribution in [0.1, 0.15) is 30.8 Å². The first-order valence-electron chi connectivity index (χ1n) is 4.91. The zero-order valence-electron chi connectivity index (χ0n) is 9.14. The number of halogens is 2. The van der Waals surface area contributed by atoms with E-state index in [9.17, 15) is 9.59 Å². The van der Waals surface area contributed by atoms with E-state index < -0.39 is 0 Å². The highest BCUT2D eigenvalue weighted by atomic mass is 79.9. The molecule has 4 nitrogen and oxygen atoms in total. The van der Waals surface area contributed by atoms with E-state index in [1.54, 1.807) is 6.07 Å². The summed E-state index contributed by atoms with van der Waals surface area (Å²) < 4.78 is 1.51. The Kier molecular flexibility index (Phi) is 8.19. The fourth-order valence-corrected chi connectivity index (χ4v) is 1.52. The molecule has 6 heteroatoms. The van der Waals surface area contributed by atoms with E-state index in [1.165, 1.54) is 0 Å². The summed E-state index contributed by atoms with van der Waals surface area (Å²) in [4.78, 5) is 24.2. The number of aromatic amines is 1. The molecule has 0 aliphatic heterocycles. The molecule has 0 aromatic carbocycles. The molecule has 1 rings (SSSR count). The molecule has 1 aromatic rings. The van der Waals surface area contributed by atoms with Crippen LogP contribution in [-0.4, -0.2) is 23.7 Å². The molecule has 16 heavy (non-hydrogen) atoms. The Balaban J connectivity index is 0.00000106. The van der Waals surface area contributed by atoms with Crippen LogP contribution in [0.2, 0.25) is 0 Å². The largest absolute Gasteiger partial charge is 0.350 e. The highest BCUT2D eigenvalue weighted by Gasteiger charge is 2.09. The van der Waals surface area contributed by atoms with Crippen LogP contribution >= 0.6 is 31.9 Å². The molecule has 0 spiro atoms. The number of carbonyl (C=O) groups is 2. The Morgan fingerprint density at radius 2 is 2.12 bits per heavy atom. The molecule has 0 fully saturated rings. The van der Waals surface area contributed by atoms with Crippen LogP contribution in [0.5, 0.6) is 0 Å². The average Bonchev–Trinajstić information content (AvgIpc) is 2.62. The van der Waals surface area contributed by atoms with Gasteiger partial charge in [0.25, 0.3) is 5.91 Å². The normalized spacial score (nSPS) is 9.00. The molecule has 0 aliphatic carbocycles. The number of aldehydes is 1. The van der Waals surface area contributed by atoms with Crippen molar-refractivity contribution in [2.24, 2.45) is 0 Å². The molecule has 0 unspecified atom stereocenters. The van der Waals surface area contributed by atoms with Gasteiger partial charge >= 0.3 is 0 Å². The van der Waals surface area contributed by atoms with E-state index in [4.69, 9.17) is 0 Å². The van der Waals surface area contributed by atoms with Gasteiger partial charge in [0.15, 0.2) is 0 Å². The van der Waals surface area contributed by atoms with Crippen molar-refractivity contribution in [1.29, 1.82) is 0 Å². The predicted molar refractivity (Wildman–Crippen MR) is 70.6 cm³/mol. The minimum absolute atomic E-state index is 0.224. The first-order valence-corrected chi connectivity index (χ1v) is 6.49. The van der Waals surface area contributed by atoms with Gasteiger partial charge in [0.2, 0.25) is 0 Å². The van der Waals surface area contributed by atoms with E-state index in [1.807, 2.05) is 13.8 Å². The van der Waals surface area contributed by atoms with Crippen LogP contribution in [0.25, 0.3) is 0 Å². The van der Waals surface area contributed by atoms with Gasteiger partial charge in [0.05, 0.1) is 9.08 Å². The molecular formula is C10H14Br2N2O2. The molecule has 0 saturated carbocycles. The van der Waals surface area contributed by atoms with Crippen molar-refractivity contribution in [1.82, 2.24) is 10.3 Å². The van der Waals surface area contributed by atoms with Gasteiger partial charge in [-0.05, 0) is 37.9 Å². The van der Waals surface area contributed by atoms with Gasteiger partial charge in [-0.1, -0.05) is 13.8 Å². The predicted octanol–water partition coefficient (Wildman–Crippen LogP) is 2.88. The number of aromatic nitrogens is 1. The van der Waals surface area contributed by atoms with Gasteiger partial charge in [-0.2, -0.15) is 0 Å². The molecule has 0 radical (unpaired) electrons. The van der Waals surface area contributed by atoms with E-state index in [0.717, 1.165) is 15.4 Å². The summed E-state index contributed by atoms with van der Waals surface area (Å²) in [6, 6.07) is 1.67. The molecule has 1 aromatic heterocycles. The lowest BCUT2D eigenvalue weighted by Gasteiger charge is -1.99. The Morgan fingerprint density at radius 1 is 1.50 bits per heavy atom. The molecule has 0 saturated heterocycles. The lowest BCUT2D eigenvalue weighted by atomic mass is 10.4. The highest BCUT2D eigenvalue weighted by molar-refractivity contribution is 9.13. The molecule has 1 amide bonds. The van der Waals surface area contributed by atoms with E-state index in [2.05, 4.69) is 42.2 Å². The zero-order valence-corrected chi connectivity index (χ0v) is 12.3. The van der Waals surface area contributed by atoms with Gasteiger partial charge in [-0.15, -0.1) is 0 Å². The fourth-order valence-electron chi connectivity index (χ4n) is 0.866. The summed E-state index contributed by atoms with van der Waals surface area (Å²) in [7, 11) is 0. The molecule has 0 aliphatic rings. The molecule has 1 heterocycles. The Morgan fingerprint density at radius 3 is 2.56 bits per heavy atom. The van der Waals surface area contributed by atoms with E-state index >= 15 is 0 Å². The number of hydrogen-bond donors (Lipinski definition) is 2. The number of rotatable bonds is 4. The van der Waals surface area contributed by atoms with Crippen LogP contribution in [0, 0.1) is 0 Å². The number of amides is 1. The third-order valence-corrected chi connectivity index (χ3v) is 3.30. The van der Waals surface area contributed by atoms with Gasteiger partial charge in [0.1, 0.15) is 12.0 Å². The smallest absolute Gasteiger partial charge is 0.267 e. The molecule has 2 N–H and O–H groups in total. The monoisotopic (exact) mass is 352 g/mol. The molecule has 0 atom stereocenters. The van der Waals surface area contributed by atoms with Gasteiger partial charge < -0.3 is 15.1 Å². The first kappa shape index (κ1) is 15.4. The Labute approximate surface area is 111 Å². The lowest BCUT2D eigenvalue weighted by molar-refractivity contribution is -0.107. The van der Waals surface area contributed by atoms with Gasteiger partial charge in [-0.3, -0.25) is 4.79 Å². The lowest BCUT2D eigenvalue weighted by Crippen LogP contribution is -2.24. The van der Waals surface area contributed by atoms with Crippen LogP contribution < -0.4 is 5.32 Å². The topological polar surface area (TPSA) is 62.0 Å². The molecular weight excluding hydrogens is 340 g/mol. The third-order valence-electron chi connectivity index (χ3n) is 1.52. The van der Waals surface area contributed by atoms with Crippen molar-refractivity contribution in [2.75, 3.05) is 6.54 Å². The minimum atomic E-state index is -0.224. The van der Waals surface area contributed by atoms with Crippen molar-refractivity contribution in [3.63, 3.8) is 0 Å². The Hall–Kier alpha value is -0.620. The standard InChI is InChI=1S/C8H8Br2N2O2.C2H6/c9-5-4-6(12-7(5)10)8(14)11-2-1-3-13;1-2/h3-4,12H,1-2H2,(H,11,14);1-2H3. The minimum Gasteiger partial charge on any atom is -0.350 e. The second-order valence-corrected chi connectivity index (χ2v) is 4.20. The number of H-pyrrole nitrogens is 1. The Bertz CT molecular complexity index is 331. The van der Waals surface area contributed by atoms with Crippen molar-refractivity contribution in [2.45, 2.75) is 20.3 Å². The molecule has 0 bridgehead atoms. The first-order chi connectivity index (χ1) is 7.65. The summed E-state index contributed by atoms with van der Waals surface area (Å²) in [6.45, 7) is 4.36.